The number of nitrogens with one attached hydrogen (secondary N) is 2. The summed E-state index contributed by atoms with van der Waals surface area (Å²) in [6.45, 7) is 0. The van der Waals surface area contributed by atoms with Crippen molar-refractivity contribution in [3.63, 3.8) is 0 Å². The second-order valence-electron chi connectivity index (χ2n) is 4.15. The molecular weight excluding hydrogens is 190 g/mol. The van der Waals surface area contributed by atoms with Gasteiger partial charge in [-0.3, -0.25) is 9.89 Å². The van der Waals surface area contributed by atoms with Crippen LogP contribution in [0.5, 0.6) is 0 Å². The van der Waals surface area contributed by atoms with Crippen LogP contribution in [0.15, 0.2) is 12.3 Å². The lowest BCUT2D eigenvalue weighted by Gasteiger charge is -2.12. The smallest absolute Gasteiger partial charge is 0.228 e. The summed E-state index contributed by atoms with van der Waals surface area (Å²) in [7, 11) is 0. The fraction of sp³-hybridized carbons (Fsp3) is 0.636. The number of rotatable bonds is 2. The molecule has 0 radical (unpaired) electrons. The van der Waals surface area contributed by atoms with Gasteiger partial charge in [0.05, 0.1) is 6.20 Å². The van der Waals surface area contributed by atoms with Crippen LogP contribution in [-0.4, -0.2) is 16.1 Å². The molecule has 0 bridgehead atoms. The van der Waals surface area contributed by atoms with Crippen LogP contribution >= 0.6 is 0 Å². The van der Waals surface area contributed by atoms with E-state index in [1.165, 1.54) is 25.7 Å². The van der Waals surface area contributed by atoms with Gasteiger partial charge in [0.1, 0.15) is 5.82 Å². The predicted octanol–water partition coefficient (Wildman–Crippen LogP) is 2.32. The number of amides is 1. The fourth-order valence-electron chi connectivity index (χ4n) is 2.10. The van der Waals surface area contributed by atoms with Crippen molar-refractivity contribution in [3.05, 3.63) is 12.3 Å². The van der Waals surface area contributed by atoms with Gasteiger partial charge in [0, 0.05) is 12.0 Å². The molecule has 0 aliphatic heterocycles. The van der Waals surface area contributed by atoms with E-state index >= 15 is 0 Å². The molecule has 2 N–H and O–H groups in total. The van der Waals surface area contributed by atoms with Gasteiger partial charge in [0.25, 0.3) is 0 Å². The highest BCUT2D eigenvalue weighted by Crippen LogP contribution is 2.23. The summed E-state index contributed by atoms with van der Waals surface area (Å²) < 4.78 is 0. The van der Waals surface area contributed by atoms with Crippen LogP contribution in [0.1, 0.15) is 38.5 Å². The molecular formula is C11H17N3O. The van der Waals surface area contributed by atoms with E-state index in [2.05, 4.69) is 15.5 Å². The third kappa shape index (κ3) is 2.81. The second-order valence-corrected chi connectivity index (χ2v) is 4.15. The first kappa shape index (κ1) is 10.2. The maximum atomic E-state index is 11.9. The predicted molar refractivity (Wildman–Crippen MR) is 58.4 cm³/mol. The van der Waals surface area contributed by atoms with E-state index in [1.807, 2.05) is 0 Å². The van der Waals surface area contributed by atoms with E-state index in [0.717, 1.165) is 12.8 Å². The third-order valence-electron chi connectivity index (χ3n) is 2.98. The summed E-state index contributed by atoms with van der Waals surface area (Å²) in [5, 5.41) is 9.40. The molecule has 1 amide bonds. The van der Waals surface area contributed by atoms with Gasteiger partial charge in [-0.15, -0.1) is 0 Å². The van der Waals surface area contributed by atoms with Crippen LogP contribution in [0.25, 0.3) is 0 Å². The zero-order valence-corrected chi connectivity index (χ0v) is 8.83. The van der Waals surface area contributed by atoms with Crippen LogP contribution in [0.3, 0.4) is 0 Å². The third-order valence-corrected chi connectivity index (χ3v) is 2.98. The molecule has 1 aliphatic carbocycles. The molecule has 15 heavy (non-hydrogen) atoms. The van der Waals surface area contributed by atoms with Crippen molar-refractivity contribution in [2.45, 2.75) is 38.5 Å². The Kier molecular flexibility index (Phi) is 3.37. The Morgan fingerprint density at radius 1 is 1.33 bits per heavy atom. The monoisotopic (exact) mass is 207 g/mol. The summed E-state index contributed by atoms with van der Waals surface area (Å²) in [5.41, 5.74) is 0. The topological polar surface area (TPSA) is 57.8 Å². The molecule has 1 saturated carbocycles. The molecule has 0 atom stereocenters. The van der Waals surface area contributed by atoms with Crippen molar-refractivity contribution < 1.29 is 4.79 Å². The highest BCUT2D eigenvalue weighted by molar-refractivity contribution is 5.91. The molecule has 0 unspecified atom stereocenters. The number of H-pyrrole nitrogens is 1. The summed E-state index contributed by atoms with van der Waals surface area (Å²) in [6.07, 6.45) is 8.60. The van der Waals surface area contributed by atoms with Gasteiger partial charge < -0.3 is 5.32 Å². The van der Waals surface area contributed by atoms with Crippen LogP contribution in [-0.2, 0) is 4.79 Å². The molecule has 2 rings (SSSR count). The minimum atomic E-state index is 0.140. The summed E-state index contributed by atoms with van der Waals surface area (Å²) in [5.74, 6) is 1.03. The Bertz CT molecular complexity index is 300. The van der Waals surface area contributed by atoms with E-state index < -0.39 is 0 Å². The Morgan fingerprint density at radius 2 is 2.07 bits per heavy atom. The van der Waals surface area contributed by atoms with Crippen LogP contribution in [0.4, 0.5) is 5.82 Å². The molecule has 1 aliphatic rings. The SMILES string of the molecule is O=C(Nc1ccn[nH]1)C1CCCCCC1. The van der Waals surface area contributed by atoms with Crippen molar-refractivity contribution in [3.8, 4) is 0 Å². The zero-order chi connectivity index (χ0) is 10.5. The minimum Gasteiger partial charge on any atom is -0.311 e. The maximum absolute atomic E-state index is 11.9. The minimum absolute atomic E-state index is 0.140. The normalized spacial score (nSPS) is 18.4. The van der Waals surface area contributed by atoms with E-state index in [9.17, 15) is 4.79 Å². The highest BCUT2D eigenvalue weighted by atomic mass is 16.1. The van der Waals surface area contributed by atoms with Gasteiger partial charge in [0.2, 0.25) is 5.91 Å². The number of hydrogen-bond acceptors (Lipinski definition) is 2. The molecule has 4 nitrogen and oxygen atoms in total. The van der Waals surface area contributed by atoms with Crippen molar-refractivity contribution in [2.75, 3.05) is 5.32 Å². The van der Waals surface area contributed by atoms with Crippen molar-refractivity contribution in [1.82, 2.24) is 10.2 Å². The molecule has 0 aromatic carbocycles. The van der Waals surface area contributed by atoms with Crippen LogP contribution in [0, 0.1) is 5.92 Å². The van der Waals surface area contributed by atoms with Crippen molar-refractivity contribution in [1.29, 1.82) is 0 Å². The van der Waals surface area contributed by atoms with Gasteiger partial charge in [-0.1, -0.05) is 25.7 Å². The van der Waals surface area contributed by atoms with Gasteiger partial charge in [0.15, 0.2) is 0 Å². The quantitative estimate of drug-likeness (QED) is 0.731. The van der Waals surface area contributed by atoms with Crippen molar-refractivity contribution in [2.24, 2.45) is 5.92 Å². The van der Waals surface area contributed by atoms with E-state index in [-0.39, 0.29) is 11.8 Å². The van der Waals surface area contributed by atoms with Crippen LogP contribution in [0.2, 0.25) is 0 Å². The highest BCUT2D eigenvalue weighted by Gasteiger charge is 2.20. The number of carbonyl (C=O) groups is 1. The first-order chi connectivity index (χ1) is 7.36. The fourth-order valence-corrected chi connectivity index (χ4v) is 2.10. The lowest BCUT2D eigenvalue weighted by molar-refractivity contribution is -0.120. The Balaban J connectivity index is 1.89. The second kappa shape index (κ2) is 4.96. The number of carbonyl (C=O) groups excluding carboxylic acids is 1. The number of aromatic nitrogens is 2. The van der Waals surface area contributed by atoms with E-state index in [0.29, 0.717) is 5.82 Å². The number of hydrogen-bond donors (Lipinski definition) is 2. The summed E-state index contributed by atoms with van der Waals surface area (Å²) in [6, 6.07) is 1.77. The first-order valence-electron chi connectivity index (χ1n) is 5.66. The van der Waals surface area contributed by atoms with Gasteiger partial charge in [-0.25, -0.2) is 0 Å². The number of nitrogens with zero attached hydrogens (tertiary/aromatic N) is 1. The maximum Gasteiger partial charge on any atom is 0.228 e. The average Bonchev–Trinajstić information content (AvgIpc) is 2.58. The first-order valence-corrected chi connectivity index (χ1v) is 5.66. The standard InChI is InChI=1S/C11H17N3O/c15-11(13-10-7-8-12-14-10)9-5-3-1-2-4-6-9/h7-9H,1-6H2,(H2,12,13,14,15). The molecule has 0 spiro atoms. The number of anilines is 1. The molecule has 1 aromatic rings. The van der Waals surface area contributed by atoms with Crippen molar-refractivity contribution >= 4 is 11.7 Å². The molecule has 0 saturated heterocycles. The molecule has 1 aromatic heterocycles. The molecule has 1 heterocycles. The van der Waals surface area contributed by atoms with Gasteiger partial charge in [-0.2, -0.15) is 5.10 Å². The Hall–Kier alpha value is -1.32. The van der Waals surface area contributed by atoms with E-state index in [4.69, 9.17) is 0 Å². The van der Waals surface area contributed by atoms with Crippen LogP contribution < -0.4 is 5.32 Å². The van der Waals surface area contributed by atoms with Gasteiger partial charge in [-0.05, 0) is 12.8 Å². The molecule has 4 heteroatoms. The summed E-state index contributed by atoms with van der Waals surface area (Å²) in [4.78, 5) is 11.9. The molecule has 1 fully saturated rings. The van der Waals surface area contributed by atoms with Gasteiger partial charge >= 0.3 is 0 Å². The Labute approximate surface area is 89.5 Å². The lowest BCUT2D eigenvalue weighted by atomic mass is 10.00. The largest absolute Gasteiger partial charge is 0.311 e. The average molecular weight is 207 g/mol. The molecule has 82 valence electrons. The zero-order valence-electron chi connectivity index (χ0n) is 8.83. The van der Waals surface area contributed by atoms with E-state index in [1.54, 1.807) is 12.3 Å². The summed E-state index contributed by atoms with van der Waals surface area (Å²) >= 11 is 0. The Morgan fingerprint density at radius 3 is 2.67 bits per heavy atom. The lowest BCUT2D eigenvalue weighted by Crippen LogP contribution is -2.22. The number of aromatic amines is 1.